The summed E-state index contributed by atoms with van der Waals surface area (Å²) in [6.45, 7) is 3.45. The first-order valence-electron chi connectivity index (χ1n) is 12.1. The van der Waals surface area contributed by atoms with E-state index in [1.165, 1.54) is 12.1 Å². The number of hydrogen-bond donors (Lipinski definition) is 1. The zero-order valence-electron chi connectivity index (χ0n) is 20.5. The van der Waals surface area contributed by atoms with Crippen molar-refractivity contribution in [2.75, 3.05) is 23.7 Å². The molecule has 1 saturated heterocycles. The topological polar surface area (TPSA) is 106 Å². The van der Waals surface area contributed by atoms with Crippen LogP contribution in [0.1, 0.15) is 43.0 Å². The second kappa shape index (κ2) is 10.9. The van der Waals surface area contributed by atoms with Crippen molar-refractivity contribution in [3.05, 3.63) is 81.8 Å². The fourth-order valence-corrected chi connectivity index (χ4v) is 5.26. The van der Waals surface area contributed by atoms with Gasteiger partial charge in [-0.3, -0.25) is 0 Å². The molecular weight excluding hydrogens is 528 g/mol. The first kappa shape index (κ1) is 25.8. The Hall–Kier alpha value is -3.87. The molecule has 11 heteroatoms. The first-order valence-corrected chi connectivity index (χ1v) is 12.8. The van der Waals surface area contributed by atoms with Gasteiger partial charge in [-0.05, 0) is 62.2 Å². The number of anilines is 2. The molecule has 3 heterocycles. The molecule has 1 aliphatic rings. The summed E-state index contributed by atoms with van der Waals surface area (Å²) in [5.41, 5.74) is 9.46. The Morgan fingerprint density at radius 2 is 1.89 bits per heavy atom. The summed E-state index contributed by atoms with van der Waals surface area (Å²) >= 11 is 12.4. The number of nitrogens with zero attached hydrogens (tertiary/aromatic N) is 6. The van der Waals surface area contributed by atoms with E-state index in [0.717, 1.165) is 31.6 Å². The van der Waals surface area contributed by atoms with Crippen molar-refractivity contribution in [1.29, 1.82) is 5.26 Å². The molecule has 194 valence electrons. The highest BCUT2D eigenvalue weighted by Crippen LogP contribution is 2.37. The molecule has 1 unspecified atom stereocenters. The highest BCUT2D eigenvalue weighted by molar-refractivity contribution is 6.36. The Morgan fingerprint density at radius 3 is 2.61 bits per heavy atom. The average molecular weight is 552 g/mol. The molecular formula is C27H24Cl2FN7O. The number of nitriles is 1. The van der Waals surface area contributed by atoms with Crippen molar-refractivity contribution >= 4 is 34.7 Å². The zero-order chi connectivity index (χ0) is 26.8. The van der Waals surface area contributed by atoms with E-state index < -0.39 is 11.9 Å². The number of nitrogens with two attached hydrogens (primary N) is 1. The van der Waals surface area contributed by atoms with Crippen molar-refractivity contribution in [1.82, 2.24) is 20.0 Å². The molecule has 2 aromatic carbocycles. The van der Waals surface area contributed by atoms with Crippen LogP contribution >= 0.6 is 23.2 Å². The molecule has 0 radical (unpaired) electrons. The minimum absolute atomic E-state index is 0.0964. The smallest absolute Gasteiger partial charge is 0.166 e. The molecule has 4 aromatic rings. The number of hydrogen-bond acceptors (Lipinski definition) is 7. The van der Waals surface area contributed by atoms with Crippen LogP contribution in [-0.2, 0) is 0 Å². The van der Waals surface area contributed by atoms with Crippen molar-refractivity contribution < 1.29 is 9.13 Å². The molecule has 2 N–H and O–H groups in total. The van der Waals surface area contributed by atoms with Crippen LogP contribution < -0.4 is 15.4 Å². The second-order valence-electron chi connectivity index (χ2n) is 9.09. The SMILES string of the molecule is CC(Oc1cc(-c2cn(C3CCN(c4ccc(C#N)cc4)CC3)nn2)cnc1N)c1c(Cl)ccc(F)c1Cl. The molecule has 1 atom stereocenters. The van der Waals surface area contributed by atoms with Crippen LogP contribution in [-0.4, -0.2) is 33.1 Å². The van der Waals surface area contributed by atoms with Gasteiger partial charge in [0.25, 0.3) is 0 Å². The Labute approximate surface area is 229 Å². The number of aromatic nitrogens is 4. The van der Waals surface area contributed by atoms with Gasteiger partial charge in [0.1, 0.15) is 17.6 Å². The van der Waals surface area contributed by atoms with Gasteiger partial charge < -0.3 is 15.4 Å². The van der Waals surface area contributed by atoms with E-state index in [0.29, 0.717) is 33.2 Å². The fraction of sp³-hybridized carbons (Fsp3) is 0.259. The Morgan fingerprint density at radius 1 is 1.16 bits per heavy atom. The van der Waals surface area contributed by atoms with E-state index in [4.69, 9.17) is 38.9 Å². The number of rotatable bonds is 6. The zero-order valence-corrected chi connectivity index (χ0v) is 22.0. The van der Waals surface area contributed by atoms with Crippen molar-refractivity contribution in [2.24, 2.45) is 0 Å². The highest BCUT2D eigenvalue weighted by atomic mass is 35.5. The number of ether oxygens (including phenoxy) is 1. The molecule has 38 heavy (non-hydrogen) atoms. The molecule has 0 aliphatic carbocycles. The Kier molecular flexibility index (Phi) is 7.36. The third kappa shape index (κ3) is 5.23. The van der Waals surface area contributed by atoms with Crippen LogP contribution in [0.25, 0.3) is 11.3 Å². The molecule has 2 aromatic heterocycles. The van der Waals surface area contributed by atoms with Gasteiger partial charge in [-0.2, -0.15) is 5.26 Å². The van der Waals surface area contributed by atoms with E-state index in [1.54, 1.807) is 19.2 Å². The predicted octanol–water partition coefficient (Wildman–Crippen LogP) is 6.22. The van der Waals surface area contributed by atoms with E-state index in [-0.39, 0.29) is 16.9 Å². The van der Waals surface area contributed by atoms with E-state index in [9.17, 15) is 4.39 Å². The summed E-state index contributed by atoms with van der Waals surface area (Å²) in [7, 11) is 0. The molecule has 0 spiro atoms. The minimum atomic E-state index is -0.679. The maximum atomic E-state index is 14.0. The summed E-state index contributed by atoms with van der Waals surface area (Å²) in [6.07, 6.45) is 4.63. The van der Waals surface area contributed by atoms with Crippen molar-refractivity contribution in [3.8, 4) is 23.1 Å². The number of pyridine rings is 1. The lowest BCUT2D eigenvalue weighted by atomic mass is 10.0. The van der Waals surface area contributed by atoms with Gasteiger partial charge in [0, 0.05) is 41.1 Å². The van der Waals surface area contributed by atoms with E-state index in [2.05, 4.69) is 26.3 Å². The predicted molar refractivity (Wildman–Crippen MR) is 145 cm³/mol. The number of nitrogen functional groups attached to an aromatic ring is 1. The number of benzene rings is 2. The van der Waals surface area contributed by atoms with Crippen LogP contribution in [0, 0.1) is 17.1 Å². The molecule has 1 aliphatic heterocycles. The largest absolute Gasteiger partial charge is 0.482 e. The summed E-state index contributed by atoms with van der Waals surface area (Å²) in [5, 5.41) is 17.9. The average Bonchev–Trinajstić information content (AvgIpc) is 3.43. The van der Waals surface area contributed by atoms with Gasteiger partial charge in [-0.25, -0.2) is 14.1 Å². The second-order valence-corrected chi connectivity index (χ2v) is 9.87. The molecule has 8 nitrogen and oxygen atoms in total. The van der Waals surface area contributed by atoms with E-state index >= 15 is 0 Å². The van der Waals surface area contributed by atoms with Crippen molar-refractivity contribution in [2.45, 2.75) is 31.9 Å². The van der Waals surface area contributed by atoms with E-state index in [1.807, 2.05) is 35.1 Å². The summed E-state index contributed by atoms with van der Waals surface area (Å²) in [6, 6.07) is 14.4. The third-order valence-electron chi connectivity index (χ3n) is 6.68. The highest BCUT2D eigenvalue weighted by Gasteiger charge is 2.23. The normalized spacial score (nSPS) is 14.8. The van der Waals surface area contributed by atoms with Gasteiger partial charge in [0.15, 0.2) is 11.6 Å². The number of piperidine rings is 1. The summed E-state index contributed by atoms with van der Waals surface area (Å²) in [4.78, 5) is 6.56. The fourth-order valence-electron chi connectivity index (χ4n) is 4.58. The minimum Gasteiger partial charge on any atom is -0.482 e. The standard InChI is InChI=1S/C27H24Cl2FN7O/c1-16(25-21(28)6-7-22(30)26(25)29)38-24-12-18(14-33-27(24)32)23-15-37(35-34-23)20-8-10-36(11-9-20)19-4-2-17(13-31)3-5-19/h2-7,12,14-16,20H,8-11H2,1H3,(H2,32,33). The quantitative estimate of drug-likeness (QED) is 0.283. The maximum absolute atomic E-state index is 14.0. The van der Waals surface area contributed by atoms with Crippen LogP contribution in [0.3, 0.4) is 0 Å². The lowest BCUT2D eigenvalue weighted by Crippen LogP contribution is -2.34. The molecule has 0 saturated carbocycles. The molecule has 5 rings (SSSR count). The van der Waals surface area contributed by atoms with Gasteiger partial charge in [0.2, 0.25) is 0 Å². The maximum Gasteiger partial charge on any atom is 0.166 e. The van der Waals surface area contributed by atoms with Gasteiger partial charge in [-0.15, -0.1) is 5.10 Å². The van der Waals surface area contributed by atoms with Crippen LogP contribution in [0.2, 0.25) is 10.0 Å². The summed E-state index contributed by atoms with van der Waals surface area (Å²) < 4.78 is 21.9. The monoisotopic (exact) mass is 551 g/mol. The van der Waals surface area contributed by atoms with Crippen molar-refractivity contribution in [3.63, 3.8) is 0 Å². The van der Waals surface area contributed by atoms with Crippen LogP contribution in [0.4, 0.5) is 15.9 Å². The lowest BCUT2D eigenvalue weighted by molar-refractivity contribution is 0.227. The third-order valence-corrected chi connectivity index (χ3v) is 7.39. The molecule has 0 bridgehead atoms. The summed E-state index contributed by atoms with van der Waals surface area (Å²) in [5.74, 6) is -0.107. The number of halogens is 3. The van der Waals surface area contributed by atoms with Gasteiger partial charge in [-0.1, -0.05) is 28.4 Å². The lowest BCUT2D eigenvalue weighted by Gasteiger charge is -2.33. The van der Waals surface area contributed by atoms with Gasteiger partial charge in [0.05, 0.1) is 28.9 Å². The van der Waals surface area contributed by atoms with Crippen LogP contribution in [0.5, 0.6) is 5.75 Å². The first-order chi connectivity index (χ1) is 18.3. The Balaban J connectivity index is 1.28. The Bertz CT molecular complexity index is 1490. The van der Waals surface area contributed by atoms with Gasteiger partial charge >= 0.3 is 0 Å². The van der Waals surface area contributed by atoms with Crippen LogP contribution in [0.15, 0.2) is 54.9 Å². The molecule has 1 fully saturated rings. The molecule has 0 amide bonds.